The van der Waals surface area contributed by atoms with Crippen molar-refractivity contribution in [3.8, 4) is 0 Å². The summed E-state index contributed by atoms with van der Waals surface area (Å²) in [5.74, 6) is -1.62. The molecule has 1 aromatic heterocycles. The SMILES string of the molecule is O=S(=O)(Cc1nnc(CS(=O)(=O)c2ccc(Cl)cc2)o1)Nc1ccc(Cl)cc1. The zero-order valence-electron chi connectivity index (χ0n) is 14.0. The molecule has 0 aliphatic rings. The topological polar surface area (TPSA) is 119 Å². The second-order valence-electron chi connectivity index (χ2n) is 5.67. The predicted molar refractivity (Wildman–Crippen MR) is 104 cm³/mol. The van der Waals surface area contributed by atoms with Gasteiger partial charge in [-0.2, -0.15) is 0 Å². The van der Waals surface area contributed by atoms with Gasteiger partial charge in [0.15, 0.2) is 9.84 Å². The van der Waals surface area contributed by atoms with Crippen LogP contribution in [0.5, 0.6) is 0 Å². The van der Waals surface area contributed by atoms with Crippen LogP contribution in [0.15, 0.2) is 57.8 Å². The fourth-order valence-corrected chi connectivity index (χ4v) is 4.61. The van der Waals surface area contributed by atoms with Crippen LogP contribution in [-0.2, 0) is 31.4 Å². The highest BCUT2D eigenvalue weighted by Crippen LogP contribution is 2.20. The average molecular weight is 462 g/mol. The summed E-state index contributed by atoms with van der Waals surface area (Å²) in [6.07, 6.45) is 0. The van der Waals surface area contributed by atoms with E-state index in [4.69, 9.17) is 27.6 Å². The molecule has 28 heavy (non-hydrogen) atoms. The van der Waals surface area contributed by atoms with Crippen molar-refractivity contribution in [3.63, 3.8) is 0 Å². The van der Waals surface area contributed by atoms with Gasteiger partial charge in [0, 0.05) is 15.7 Å². The molecule has 0 atom stereocenters. The van der Waals surface area contributed by atoms with Gasteiger partial charge in [0.05, 0.1) is 4.90 Å². The number of rotatable bonds is 7. The van der Waals surface area contributed by atoms with E-state index >= 15 is 0 Å². The third-order valence-corrected chi connectivity index (χ3v) is 6.72. The quantitative estimate of drug-likeness (QED) is 0.572. The van der Waals surface area contributed by atoms with Gasteiger partial charge < -0.3 is 4.42 Å². The van der Waals surface area contributed by atoms with Crippen molar-refractivity contribution in [3.05, 3.63) is 70.4 Å². The summed E-state index contributed by atoms with van der Waals surface area (Å²) in [5, 5.41) is 8.09. The van der Waals surface area contributed by atoms with Gasteiger partial charge in [0.1, 0.15) is 11.5 Å². The van der Waals surface area contributed by atoms with E-state index in [0.717, 1.165) is 0 Å². The Kier molecular flexibility index (Phi) is 5.94. The molecule has 0 unspecified atom stereocenters. The number of sulfonamides is 1. The van der Waals surface area contributed by atoms with Gasteiger partial charge in [0.25, 0.3) is 0 Å². The highest BCUT2D eigenvalue weighted by atomic mass is 35.5. The Balaban J connectivity index is 1.69. The lowest BCUT2D eigenvalue weighted by Crippen LogP contribution is -2.15. The summed E-state index contributed by atoms with van der Waals surface area (Å²) < 4.78 is 56.7. The van der Waals surface area contributed by atoms with Gasteiger partial charge in [-0.05, 0) is 48.5 Å². The number of anilines is 1. The number of aromatic nitrogens is 2. The lowest BCUT2D eigenvalue weighted by molar-refractivity contribution is 0.472. The van der Waals surface area contributed by atoms with Crippen LogP contribution in [0, 0.1) is 0 Å². The molecule has 0 spiro atoms. The van der Waals surface area contributed by atoms with Crippen molar-refractivity contribution >= 4 is 48.7 Å². The molecular weight excluding hydrogens is 449 g/mol. The van der Waals surface area contributed by atoms with E-state index in [1.165, 1.54) is 48.5 Å². The summed E-state index contributed by atoms with van der Waals surface area (Å²) >= 11 is 11.5. The summed E-state index contributed by atoms with van der Waals surface area (Å²) in [4.78, 5) is 0.0358. The average Bonchev–Trinajstić information content (AvgIpc) is 3.02. The van der Waals surface area contributed by atoms with Crippen LogP contribution in [0.1, 0.15) is 11.8 Å². The molecule has 0 aliphatic heterocycles. The standard InChI is InChI=1S/C16H13Cl2N3O5S2/c17-11-1-5-13(6-2-11)21-28(24,25)10-16-20-19-15(26-16)9-27(22,23)14-7-3-12(18)4-8-14/h1-8,21H,9-10H2. The predicted octanol–water partition coefficient (Wildman–Crippen LogP) is 3.29. The molecule has 1 N–H and O–H groups in total. The van der Waals surface area contributed by atoms with Gasteiger partial charge in [-0.25, -0.2) is 16.8 Å². The first kappa shape index (κ1) is 20.6. The molecule has 0 fully saturated rings. The van der Waals surface area contributed by atoms with Crippen molar-refractivity contribution in [2.24, 2.45) is 0 Å². The Morgan fingerprint density at radius 3 is 1.86 bits per heavy atom. The Labute approximate surface area is 171 Å². The van der Waals surface area contributed by atoms with E-state index in [1.54, 1.807) is 0 Å². The second-order valence-corrected chi connectivity index (χ2v) is 10.3. The van der Waals surface area contributed by atoms with E-state index in [1.807, 2.05) is 0 Å². The van der Waals surface area contributed by atoms with E-state index in [-0.39, 0.29) is 16.7 Å². The van der Waals surface area contributed by atoms with Gasteiger partial charge in [-0.3, -0.25) is 4.72 Å². The van der Waals surface area contributed by atoms with Crippen molar-refractivity contribution < 1.29 is 21.3 Å². The molecular formula is C16H13Cl2N3O5S2. The Morgan fingerprint density at radius 2 is 1.29 bits per heavy atom. The normalized spacial score (nSPS) is 12.1. The van der Waals surface area contributed by atoms with Gasteiger partial charge >= 0.3 is 0 Å². The Bertz CT molecular complexity index is 1180. The molecule has 0 aliphatic carbocycles. The highest BCUT2D eigenvalue weighted by molar-refractivity contribution is 7.92. The third kappa shape index (κ3) is 5.44. The molecule has 3 aromatic rings. The number of nitrogens with zero attached hydrogens (tertiary/aromatic N) is 2. The molecule has 0 saturated carbocycles. The minimum atomic E-state index is -3.84. The van der Waals surface area contributed by atoms with E-state index in [9.17, 15) is 16.8 Å². The molecule has 8 nitrogen and oxygen atoms in total. The molecule has 0 amide bonds. The first-order chi connectivity index (χ1) is 13.1. The lowest BCUT2D eigenvalue weighted by atomic mass is 10.3. The zero-order valence-corrected chi connectivity index (χ0v) is 17.2. The first-order valence-corrected chi connectivity index (χ1v) is 11.7. The van der Waals surface area contributed by atoms with Gasteiger partial charge in [0.2, 0.25) is 21.8 Å². The van der Waals surface area contributed by atoms with Crippen molar-refractivity contribution in [2.45, 2.75) is 16.4 Å². The number of hydrogen-bond acceptors (Lipinski definition) is 7. The number of benzene rings is 2. The minimum Gasteiger partial charge on any atom is -0.423 e. The molecule has 12 heteroatoms. The molecule has 0 saturated heterocycles. The summed E-state index contributed by atoms with van der Waals surface area (Å²) in [5.41, 5.74) is 0.314. The largest absolute Gasteiger partial charge is 0.423 e. The smallest absolute Gasteiger partial charge is 0.241 e. The van der Waals surface area contributed by atoms with E-state index < -0.39 is 31.4 Å². The lowest BCUT2D eigenvalue weighted by Gasteiger charge is -2.05. The Hall–Kier alpha value is -2.14. The minimum absolute atomic E-state index is 0.0358. The maximum Gasteiger partial charge on any atom is 0.241 e. The fourth-order valence-electron chi connectivity index (χ4n) is 2.19. The van der Waals surface area contributed by atoms with Gasteiger partial charge in [-0.15, -0.1) is 10.2 Å². The van der Waals surface area contributed by atoms with Crippen LogP contribution >= 0.6 is 23.2 Å². The monoisotopic (exact) mass is 461 g/mol. The number of halogens is 2. The molecule has 2 aromatic carbocycles. The molecule has 0 radical (unpaired) electrons. The number of sulfone groups is 1. The fraction of sp³-hybridized carbons (Fsp3) is 0.125. The summed E-state index contributed by atoms with van der Waals surface area (Å²) in [7, 11) is -7.59. The highest BCUT2D eigenvalue weighted by Gasteiger charge is 2.22. The molecule has 3 rings (SSSR count). The third-order valence-electron chi connectivity index (χ3n) is 3.43. The molecule has 0 bridgehead atoms. The van der Waals surface area contributed by atoms with E-state index in [2.05, 4.69) is 14.9 Å². The van der Waals surface area contributed by atoms with Crippen LogP contribution in [0.3, 0.4) is 0 Å². The summed E-state index contributed by atoms with van der Waals surface area (Å²) in [6, 6.07) is 11.7. The van der Waals surface area contributed by atoms with E-state index in [0.29, 0.717) is 15.7 Å². The maximum absolute atomic E-state index is 12.4. The van der Waals surface area contributed by atoms with Crippen LogP contribution in [-0.4, -0.2) is 27.0 Å². The van der Waals surface area contributed by atoms with Crippen molar-refractivity contribution in [1.29, 1.82) is 0 Å². The van der Waals surface area contributed by atoms with Crippen LogP contribution < -0.4 is 4.72 Å². The summed E-state index contributed by atoms with van der Waals surface area (Å²) in [6.45, 7) is 0. The van der Waals surface area contributed by atoms with Crippen LogP contribution in [0.25, 0.3) is 0 Å². The van der Waals surface area contributed by atoms with Gasteiger partial charge in [-0.1, -0.05) is 23.2 Å². The number of nitrogens with one attached hydrogen (secondary N) is 1. The zero-order chi connectivity index (χ0) is 20.4. The van der Waals surface area contributed by atoms with Crippen molar-refractivity contribution in [1.82, 2.24) is 10.2 Å². The van der Waals surface area contributed by atoms with Crippen LogP contribution in [0.2, 0.25) is 10.0 Å². The van der Waals surface area contributed by atoms with Crippen molar-refractivity contribution in [2.75, 3.05) is 4.72 Å². The van der Waals surface area contributed by atoms with Crippen LogP contribution in [0.4, 0.5) is 5.69 Å². The molecule has 148 valence electrons. The second kappa shape index (κ2) is 8.08. The molecule has 1 heterocycles. The Morgan fingerprint density at radius 1 is 0.786 bits per heavy atom. The maximum atomic E-state index is 12.4. The number of hydrogen-bond donors (Lipinski definition) is 1. The first-order valence-electron chi connectivity index (χ1n) is 7.69.